The molecule has 0 aliphatic carbocycles. The van der Waals surface area contributed by atoms with E-state index in [4.69, 9.17) is 0 Å². The molecule has 0 spiro atoms. The molecule has 1 saturated heterocycles. The second-order valence-corrected chi connectivity index (χ2v) is 9.61. The van der Waals surface area contributed by atoms with Crippen LogP contribution in [0, 0.1) is 5.92 Å². The molecule has 29 heavy (non-hydrogen) atoms. The number of aromatic nitrogens is 5. The number of fused-ring (bicyclic) bond motifs is 5. The monoisotopic (exact) mass is 415 g/mol. The molecule has 0 saturated carbocycles. The van der Waals surface area contributed by atoms with Crippen molar-refractivity contribution in [2.75, 3.05) is 30.8 Å². The zero-order valence-corrected chi connectivity index (χ0v) is 16.6. The van der Waals surface area contributed by atoms with Crippen LogP contribution >= 0.6 is 0 Å². The molecule has 2 aliphatic rings. The Morgan fingerprint density at radius 2 is 2.14 bits per heavy atom. The molecule has 11 heteroatoms. The van der Waals surface area contributed by atoms with Crippen LogP contribution in [0.5, 0.6) is 0 Å². The van der Waals surface area contributed by atoms with E-state index in [-0.39, 0.29) is 30.0 Å². The normalized spacial score (nSPS) is 23.9. The number of H-pyrrole nitrogens is 1. The summed E-state index contributed by atoms with van der Waals surface area (Å²) < 4.78 is 27.8. The fourth-order valence-electron chi connectivity index (χ4n) is 4.72. The molecule has 10 nitrogen and oxygen atoms in total. The molecule has 0 aromatic carbocycles. The molecule has 0 unspecified atom stereocenters. The summed E-state index contributed by atoms with van der Waals surface area (Å²) in [6, 6.07) is 5.02. The Morgan fingerprint density at radius 3 is 2.97 bits per heavy atom. The molecule has 5 rings (SSSR count). The van der Waals surface area contributed by atoms with Gasteiger partial charge in [0.15, 0.2) is 5.65 Å². The topological polar surface area (TPSA) is 126 Å². The average molecular weight is 415 g/mol. The largest absolute Gasteiger partial charge is 0.355 e. The number of piperidine rings is 1. The first-order chi connectivity index (χ1) is 13.9. The summed E-state index contributed by atoms with van der Waals surface area (Å²) in [5.74, 6) is 1.07. The van der Waals surface area contributed by atoms with Crippen molar-refractivity contribution in [2.24, 2.45) is 5.92 Å². The van der Waals surface area contributed by atoms with E-state index in [1.165, 1.54) is 12.4 Å². The molecule has 3 aromatic heterocycles. The Labute approximate surface area is 167 Å². The third-order valence-corrected chi connectivity index (χ3v) is 6.57. The minimum atomic E-state index is -3.37. The summed E-state index contributed by atoms with van der Waals surface area (Å²) in [6.07, 6.45) is 5.27. The summed E-state index contributed by atoms with van der Waals surface area (Å²) in [4.78, 5) is 23.6. The molecule has 3 aromatic rings. The molecule has 5 heterocycles. The summed E-state index contributed by atoms with van der Waals surface area (Å²) >= 11 is 0. The van der Waals surface area contributed by atoms with Crippen LogP contribution in [0.3, 0.4) is 0 Å². The molecular weight excluding hydrogens is 394 g/mol. The van der Waals surface area contributed by atoms with Gasteiger partial charge in [-0.25, -0.2) is 23.1 Å². The average Bonchev–Trinajstić information content (AvgIpc) is 3.16. The van der Waals surface area contributed by atoms with E-state index in [2.05, 4.69) is 29.8 Å². The highest BCUT2D eigenvalue weighted by molar-refractivity contribution is 7.88. The van der Waals surface area contributed by atoms with Gasteiger partial charge < -0.3 is 9.47 Å². The number of rotatable bonds is 4. The minimum Gasteiger partial charge on any atom is -0.355 e. The van der Waals surface area contributed by atoms with Gasteiger partial charge in [-0.15, -0.1) is 0 Å². The zero-order valence-electron chi connectivity index (χ0n) is 15.8. The van der Waals surface area contributed by atoms with Gasteiger partial charge in [-0.05, 0) is 18.4 Å². The van der Waals surface area contributed by atoms with Gasteiger partial charge in [0.2, 0.25) is 10.0 Å². The van der Waals surface area contributed by atoms with Gasteiger partial charge in [0, 0.05) is 37.3 Å². The van der Waals surface area contributed by atoms with Gasteiger partial charge in [0.1, 0.15) is 12.1 Å². The first-order valence-corrected chi connectivity index (χ1v) is 11.3. The van der Waals surface area contributed by atoms with Crippen molar-refractivity contribution in [3.63, 3.8) is 0 Å². The van der Waals surface area contributed by atoms with E-state index in [1.54, 1.807) is 16.8 Å². The van der Waals surface area contributed by atoms with Crippen LogP contribution in [0.25, 0.3) is 11.0 Å². The smallest absolute Gasteiger partial charge is 0.251 e. The lowest BCUT2D eigenvalue weighted by atomic mass is 9.78. The Hall–Kier alpha value is -2.79. The number of nitrogens with one attached hydrogen (secondary N) is 2. The fraction of sp³-hybridized carbons (Fsp3) is 0.444. The van der Waals surface area contributed by atoms with Gasteiger partial charge >= 0.3 is 0 Å². The van der Waals surface area contributed by atoms with Crippen molar-refractivity contribution in [3.8, 4) is 0 Å². The second kappa shape index (κ2) is 6.63. The maximum atomic E-state index is 12.7. The SMILES string of the molecule is CS(=O)(=O)NC[C@H]1[C@H]2C[C@H](CN(c3ncnc4[nH]ncc34)C2)c2cccc(=O)n21. The van der Waals surface area contributed by atoms with Crippen LogP contribution in [0.1, 0.15) is 24.1 Å². The lowest BCUT2D eigenvalue weighted by molar-refractivity contribution is 0.213. The number of nitrogens with zero attached hydrogens (tertiary/aromatic N) is 5. The van der Waals surface area contributed by atoms with Crippen LogP contribution in [0.2, 0.25) is 0 Å². The quantitative estimate of drug-likeness (QED) is 0.625. The standard InChI is InChI=1S/C18H21N7O3S/c1-29(27,28)22-7-15-12-5-11(14-3-2-4-16(26)25(14)15)8-24(9-12)18-13-6-21-23-17(13)19-10-20-18/h2-4,6,10-12,15,22H,5,7-9H2,1H3,(H,19,20,21,23)/t11-,12+,15+/m1/s1. The predicted octanol–water partition coefficient (Wildman–Crippen LogP) is 0.229. The predicted molar refractivity (Wildman–Crippen MR) is 107 cm³/mol. The maximum Gasteiger partial charge on any atom is 0.251 e. The molecule has 1 fully saturated rings. The van der Waals surface area contributed by atoms with E-state index in [0.29, 0.717) is 12.2 Å². The van der Waals surface area contributed by atoms with Crippen molar-refractivity contribution in [1.29, 1.82) is 0 Å². The van der Waals surface area contributed by atoms with Gasteiger partial charge in [-0.2, -0.15) is 5.10 Å². The molecule has 2 bridgehead atoms. The van der Waals surface area contributed by atoms with Gasteiger partial charge in [-0.1, -0.05) is 6.07 Å². The molecule has 152 valence electrons. The fourth-order valence-corrected chi connectivity index (χ4v) is 5.19. The van der Waals surface area contributed by atoms with Crippen LogP contribution in [0.15, 0.2) is 35.5 Å². The van der Waals surface area contributed by atoms with E-state index in [1.807, 2.05) is 6.07 Å². The van der Waals surface area contributed by atoms with Gasteiger partial charge in [0.05, 0.1) is 23.9 Å². The van der Waals surface area contributed by atoms with Crippen molar-refractivity contribution >= 4 is 26.9 Å². The molecule has 3 atom stereocenters. The van der Waals surface area contributed by atoms with Crippen molar-refractivity contribution < 1.29 is 8.42 Å². The number of pyridine rings is 1. The minimum absolute atomic E-state index is 0.0924. The van der Waals surface area contributed by atoms with E-state index in [0.717, 1.165) is 36.1 Å². The van der Waals surface area contributed by atoms with Crippen molar-refractivity contribution in [1.82, 2.24) is 29.5 Å². The molecule has 0 amide bonds. The highest BCUT2D eigenvalue weighted by Crippen LogP contribution is 2.42. The number of aromatic amines is 1. The number of hydrogen-bond donors (Lipinski definition) is 2. The highest BCUT2D eigenvalue weighted by Gasteiger charge is 2.41. The van der Waals surface area contributed by atoms with E-state index < -0.39 is 10.0 Å². The Bertz CT molecular complexity index is 1240. The Balaban J connectivity index is 1.56. The first kappa shape index (κ1) is 18.3. The number of hydrogen-bond acceptors (Lipinski definition) is 7. The Morgan fingerprint density at radius 1 is 1.28 bits per heavy atom. The van der Waals surface area contributed by atoms with Crippen LogP contribution in [-0.2, 0) is 10.0 Å². The zero-order chi connectivity index (χ0) is 20.2. The maximum absolute atomic E-state index is 12.7. The number of anilines is 1. The van der Waals surface area contributed by atoms with Crippen LogP contribution in [-0.4, -0.2) is 59.0 Å². The van der Waals surface area contributed by atoms with Crippen molar-refractivity contribution in [3.05, 3.63) is 46.8 Å². The molecule has 2 aliphatic heterocycles. The van der Waals surface area contributed by atoms with Crippen LogP contribution < -0.4 is 15.2 Å². The third kappa shape index (κ3) is 3.19. The summed E-state index contributed by atoms with van der Waals surface area (Å²) in [5, 5.41) is 7.79. The second-order valence-electron chi connectivity index (χ2n) is 7.77. The summed E-state index contributed by atoms with van der Waals surface area (Å²) in [6.45, 7) is 1.58. The highest BCUT2D eigenvalue weighted by atomic mass is 32.2. The van der Waals surface area contributed by atoms with Gasteiger partial charge in [0.25, 0.3) is 5.56 Å². The van der Waals surface area contributed by atoms with Crippen molar-refractivity contribution in [2.45, 2.75) is 18.4 Å². The summed E-state index contributed by atoms with van der Waals surface area (Å²) in [7, 11) is -3.37. The molecule has 2 N–H and O–H groups in total. The van der Waals surface area contributed by atoms with E-state index >= 15 is 0 Å². The lowest BCUT2D eigenvalue weighted by Gasteiger charge is -2.47. The van der Waals surface area contributed by atoms with Gasteiger partial charge in [-0.3, -0.25) is 9.89 Å². The molecule has 0 radical (unpaired) electrons. The van der Waals surface area contributed by atoms with E-state index in [9.17, 15) is 13.2 Å². The summed E-state index contributed by atoms with van der Waals surface area (Å²) in [5.41, 5.74) is 1.53. The first-order valence-electron chi connectivity index (χ1n) is 9.46. The lowest BCUT2D eigenvalue weighted by Crippen LogP contribution is -2.52. The third-order valence-electron chi connectivity index (χ3n) is 5.88. The number of sulfonamides is 1. The Kier molecular flexibility index (Phi) is 4.17. The molecular formula is C18H21N7O3S. The van der Waals surface area contributed by atoms with Crippen LogP contribution in [0.4, 0.5) is 5.82 Å².